The Morgan fingerprint density at radius 2 is 2.10 bits per heavy atom. The van der Waals surface area contributed by atoms with Crippen LogP contribution >= 0.6 is 11.3 Å². The molecule has 0 atom stereocenters. The van der Waals surface area contributed by atoms with E-state index in [0.717, 1.165) is 16.9 Å². The van der Waals surface area contributed by atoms with Crippen LogP contribution in [0.4, 0.5) is 0 Å². The molecule has 3 aromatic rings. The molecule has 0 bridgehead atoms. The number of hydrogen-bond donors (Lipinski definition) is 2. The minimum atomic E-state index is -0.598. The third-order valence-electron chi connectivity index (χ3n) is 3.87. The molecule has 8 nitrogen and oxygen atoms in total. The van der Waals surface area contributed by atoms with E-state index in [1.807, 2.05) is 37.4 Å². The van der Waals surface area contributed by atoms with Crippen LogP contribution in [0.1, 0.15) is 36.3 Å². The summed E-state index contributed by atoms with van der Waals surface area (Å²) < 4.78 is 11.3. The quantitative estimate of drug-likeness (QED) is 0.403. The summed E-state index contributed by atoms with van der Waals surface area (Å²) in [6, 6.07) is 10.6. The first kappa shape index (κ1) is 21.3. The number of nitrogens with one attached hydrogen (secondary N) is 2. The Morgan fingerprint density at radius 3 is 2.83 bits per heavy atom. The molecule has 0 saturated carbocycles. The van der Waals surface area contributed by atoms with Crippen molar-refractivity contribution in [2.24, 2.45) is 5.10 Å². The number of H-pyrrole nitrogens is 1. The van der Waals surface area contributed by atoms with Gasteiger partial charge in [0.25, 0.3) is 5.91 Å². The maximum atomic E-state index is 12.4. The lowest BCUT2D eigenvalue weighted by Gasteiger charge is -2.11. The summed E-state index contributed by atoms with van der Waals surface area (Å²) in [5.41, 5.74) is 3.03. The van der Waals surface area contributed by atoms with Crippen LogP contribution < -0.4 is 20.6 Å². The van der Waals surface area contributed by atoms with E-state index in [-0.39, 0.29) is 5.69 Å². The molecular formula is C21H22N4O4S. The molecule has 2 aromatic heterocycles. The van der Waals surface area contributed by atoms with Crippen LogP contribution in [0.2, 0.25) is 0 Å². The lowest BCUT2D eigenvalue weighted by atomic mass is 10.2. The van der Waals surface area contributed by atoms with Gasteiger partial charge in [0, 0.05) is 0 Å². The molecule has 0 aliphatic carbocycles. The largest absolute Gasteiger partial charge is 0.490 e. The van der Waals surface area contributed by atoms with E-state index in [4.69, 9.17) is 9.47 Å². The van der Waals surface area contributed by atoms with Crippen LogP contribution in [0.3, 0.4) is 0 Å². The number of ether oxygens (including phenoxy) is 2. The minimum Gasteiger partial charge on any atom is -0.490 e. The van der Waals surface area contributed by atoms with Crippen molar-refractivity contribution in [1.82, 2.24) is 15.4 Å². The van der Waals surface area contributed by atoms with E-state index in [2.05, 4.69) is 20.5 Å². The van der Waals surface area contributed by atoms with Gasteiger partial charge in [-0.1, -0.05) is 13.0 Å². The second-order valence-corrected chi connectivity index (χ2v) is 7.10. The van der Waals surface area contributed by atoms with Gasteiger partial charge in [-0.2, -0.15) is 10.1 Å². The summed E-state index contributed by atoms with van der Waals surface area (Å²) >= 11 is 1.45. The van der Waals surface area contributed by atoms with E-state index in [1.165, 1.54) is 23.6 Å². The monoisotopic (exact) mass is 426 g/mol. The standard InChI is InChI=1S/C21H22N4O4S/c1-3-9-29-17-8-7-14(11-18(17)28-4-2)13-22-25-20(26)16-12-15(23-21(27)24-16)19-6-5-10-30-19/h5-8,10-13H,3-4,9H2,1-2H3,(H,25,26)(H,23,24,27)/b22-13+. The topological polar surface area (TPSA) is 106 Å². The second-order valence-electron chi connectivity index (χ2n) is 6.15. The lowest BCUT2D eigenvalue weighted by Crippen LogP contribution is -2.24. The molecule has 0 saturated heterocycles. The Morgan fingerprint density at radius 1 is 1.23 bits per heavy atom. The number of hydrogen-bond acceptors (Lipinski definition) is 7. The maximum Gasteiger partial charge on any atom is 0.346 e. The van der Waals surface area contributed by atoms with Crippen molar-refractivity contribution in [3.05, 3.63) is 63.5 Å². The van der Waals surface area contributed by atoms with Crippen molar-refractivity contribution in [3.63, 3.8) is 0 Å². The van der Waals surface area contributed by atoms with E-state index in [0.29, 0.717) is 30.4 Å². The molecule has 9 heteroatoms. The molecule has 30 heavy (non-hydrogen) atoms. The van der Waals surface area contributed by atoms with Gasteiger partial charge in [-0.15, -0.1) is 11.3 Å². The average Bonchev–Trinajstić information content (AvgIpc) is 3.28. The SMILES string of the molecule is CCCOc1ccc(/C=N/NC(=O)c2cc(-c3cccs3)[nH]c(=O)n2)cc1OCC. The summed E-state index contributed by atoms with van der Waals surface area (Å²) in [4.78, 5) is 31.4. The smallest absolute Gasteiger partial charge is 0.346 e. The van der Waals surface area contributed by atoms with E-state index in [1.54, 1.807) is 12.1 Å². The van der Waals surface area contributed by atoms with Crippen LogP contribution in [0.25, 0.3) is 10.6 Å². The first-order valence-electron chi connectivity index (χ1n) is 9.49. The number of rotatable bonds is 9. The van der Waals surface area contributed by atoms with E-state index >= 15 is 0 Å². The highest BCUT2D eigenvalue weighted by molar-refractivity contribution is 7.13. The number of carbonyl (C=O) groups is 1. The van der Waals surface area contributed by atoms with Crippen LogP contribution in [-0.2, 0) is 0 Å². The van der Waals surface area contributed by atoms with E-state index in [9.17, 15) is 9.59 Å². The van der Waals surface area contributed by atoms with Crippen molar-refractivity contribution in [1.29, 1.82) is 0 Å². The highest BCUT2D eigenvalue weighted by Gasteiger charge is 2.11. The van der Waals surface area contributed by atoms with Gasteiger partial charge in [0.2, 0.25) is 0 Å². The summed E-state index contributed by atoms with van der Waals surface area (Å²) in [5, 5.41) is 5.84. The van der Waals surface area contributed by atoms with Gasteiger partial charge in [0.1, 0.15) is 5.69 Å². The molecule has 3 rings (SSSR count). The number of carbonyl (C=O) groups excluding carboxylic acids is 1. The Hall–Kier alpha value is -3.46. The highest BCUT2D eigenvalue weighted by atomic mass is 32.1. The van der Waals surface area contributed by atoms with Gasteiger partial charge in [-0.05, 0) is 54.6 Å². The normalized spacial score (nSPS) is 10.9. The van der Waals surface area contributed by atoms with Crippen molar-refractivity contribution < 1.29 is 14.3 Å². The zero-order valence-electron chi connectivity index (χ0n) is 16.7. The molecule has 1 amide bonds. The molecule has 0 unspecified atom stereocenters. The summed E-state index contributed by atoms with van der Waals surface area (Å²) in [6.45, 7) is 5.02. The first-order chi connectivity index (χ1) is 14.6. The maximum absolute atomic E-state index is 12.4. The third kappa shape index (κ3) is 5.54. The van der Waals surface area contributed by atoms with Crippen molar-refractivity contribution in [2.45, 2.75) is 20.3 Å². The van der Waals surface area contributed by atoms with Gasteiger partial charge in [-0.25, -0.2) is 10.2 Å². The van der Waals surface area contributed by atoms with Gasteiger partial charge >= 0.3 is 5.69 Å². The summed E-state index contributed by atoms with van der Waals surface area (Å²) in [7, 11) is 0. The summed E-state index contributed by atoms with van der Waals surface area (Å²) in [5.74, 6) is 0.690. The van der Waals surface area contributed by atoms with Crippen molar-refractivity contribution in [2.75, 3.05) is 13.2 Å². The van der Waals surface area contributed by atoms with Crippen LogP contribution in [0.15, 0.2) is 51.7 Å². The first-order valence-corrected chi connectivity index (χ1v) is 10.4. The van der Waals surface area contributed by atoms with Crippen LogP contribution in [0.5, 0.6) is 11.5 Å². The summed E-state index contributed by atoms with van der Waals surface area (Å²) in [6.07, 6.45) is 2.38. The van der Waals surface area contributed by atoms with Crippen LogP contribution in [-0.4, -0.2) is 35.3 Å². The molecule has 0 fully saturated rings. The van der Waals surface area contributed by atoms with E-state index < -0.39 is 11.6 Å². The number of benzene rings is 1. The Kier molecular flexibility index (Phi) is 7.34. The Balaban J connectivity index is 1.71. The Labute approximate surface area is 177 Å². The van der Waals surface area contributed by atoms with Crippen molar-refractivity contribution >= 4 is 23.5 Å². The molecule has 2 heterocycles. The fourth-order valence-electron chi connectivity index (χ4n) is 2.57. The van der Waals surface area contributed by atoms with Gasteiger partial charge in [-0.3, -0.25) is 4.79 Å². The predicted molar refractivity (Wildman–Crippen MR) is 117 cm³/mol. The number of nitrogens with zero attached hydrogens (tertiary/aromatic N) is 2. The number of thiophene rings is 1. The van der Waals surface area contributed by atoms with Gasteiger partial charge in [0.05, 0.1) is 30.0 Å². The second kappa shape index (κ2) is 10.4. The predicted octanol–water partition coefficient (Wildman–Crippen LogP) is 3.45. The Bertz CT molecular complexity index is 1080. The van der Waals surface area contributed by atoms with Gasteiger partial charge < -0.3 is 14.5 Å². The number of aromatic amines is 1. The zero-order valence-corrected chi connectivity index (χ0v) is 17.5. The molecule has 0 aliphatic heterocycles. The van der Waals surface area contributed by atoms with Gasteiger partial charge in [0.15, 0.2) is 11.5 Å². The highest BCUT2D eigenvalue weighted by Crippen LogP contribution is 2.28. The fourth-order valence-corrected chi connectivity index (χ4v) is 3.26. The molecule has 1 aromatic carbocycles. The number of aromatic nitrogens is 2. The molecule has 156 valence electrons. The third-order valence-corrected chi connectivity index (χ3v) is 4.78. The molecule has 0 aliphatic rings. The molecule has 0 radical (unpaired) electrons. The minimum absolute atomic E-state index is 0.0161. The molecular weight excluding hydrogens is 404 g/mol. The number of hydrazone groups is 1. The molecule has 2 N–H and O–H groups in total. The van der Waals surface area contributed by atoms with Crippen molar-refractivity contribution in [3.8, 4) is 22.1 Å². The average molecular weight is 426 g/mol. The fraction of sp³-hybridized carbons (Fsp3) is 0.238. The lowest BCUT2D eigenvalue weighted by molar-refractivity contribution is 0.0949. The van der Waals surface area contributed by atoms with Crippen LogP contribution in [0, 0.1) is 0 Å². The molecule has 0 spiro atoms. The zero-order chi connectivity index (χ0) is 21.3. The number of amides is 1.